The molecule has 0 aliphatic rings. The molecule has 0 unspecified atom stereocenters. The summed E-state index contributed by atoms with van der Waals surface area (Å²) in [4.78, 5) is 0. The first kappa shape index (κ1) is 13.5. The Morgan fingerprint density at radius 3 is 2.63 bits per heavy atom. The summed E-state index contributed by atoms with van der Waals surface area (Å²) in [7, 11) is 0. The predicted octanol–water partition coefficient (Wildman–Crippen LogP) is 4.19. The average Bonchev–Trinajstić information content (AvgIpc) is 2.44. The zero-order chi connectivity index (χ0) is 13.5. The highest BCUT2D eigenvalue weighted by Crippen LogP contribution is 2.13. The third kappa shape index (κ3) is 4.34. The quantitative estimate of drug-likeness (QED) is 0.844. The van der Waals surface area contributed by atoms with Gasteiger partial charge in [0.1, 0.15) is 5.82 Å². The van der Waals surface area contributed by atoms with Crippen molar-refractivity contribution in [2.45, 2.75) is 13.0 Å². The molecule has 0 aliphatic heterocycles. The second-order valence-corrected chi connectivity index (χ2v) is 4.50. The van der Waals surface area contributed by atoms with Crippen molar-refractivity contribution in [1.29, 1.82) is 0 Å². The molecule has 0 radical (unpaired) electrons. The molecule has 98 valence electrons. The summed E-state index contributed by atoms with van der Waals surface area (Å²) in [5.74, 6) is -0.189. The molecule has 0 spiro atoms. The fraction of sp³-hybridized carbons (Fsp3) is 0.176. The summed E-state index contributed by atoms with van der Waals surface area (Å²) in [6.07, 6.45) is 4.15. The second kappa shape index (κ2) is 6.86. The minimum Gasteiger partial charge on any atom is -0.307 e. The number of rotatable bonds is 5. The second-order valence-electron chi connectivity index (χ2n) is 4.50. The third-order valence-corrected chi connectivity index (χ3v) is 3.00. The summed E-state index contributed by atoms with van der Waals surface area (Å²) in [5, 5.41) is 3.34. The SMILES string of the molecule is C[C@H](NC/C=C/c1ccccc1)c1cccc(F)c1. The zero-order valence-corrected chi connectivity index (χ0v) is 11.0. The summed E-state index contributed by atoms with van der Waals surface area (Å²) >= 11 is 0. The Morgan fingerprint density at radius 1 is 1.11 bits per heavy atom. The Morgan fingerprint density at radius 2 is 1.89 bits per heavy atom. The van der Waals surface area contributed by atoms with Crippen LogP contribution in [0.4, 0.5) is 4.39 Å². The molecule has 0 aliphatic carbocycles. The minimum absolute atomic E-state index is 0.135. The Kier molecular flexibility index (Phi) is 4.87. The monoisotopic (exact) mass is 255 g/mol. The maximum absolute atomic E-state index is 13.1. The number of nitrogens with one attached hydrogen (secondary N) is 1. The van der Waals surface area contributed by atoms with Crippen LogP contribution in [0.15, 0.2) is 60.7 Å². The molecular weight excluding hydrogens is 237 g/mol. The molecule has 19 heavy (non-hydrogen) atoms. The van der Waals surface area contributed by atoms with Gasteiger partial charge in [-0.2, -0.15) is 0 Å². The largest absolute Gasteiger partial charge is 0.307 e. The molecule has 0 fully saturated rings. The van der Waals surface area contributed by atoms with Crippen molar-refractivity contribution in [3.8, 4) is 0 Å². The van der Waals surface area contributed by atoms with Crippen molar-refractivity contribution < 1.29 is 4.39 Å². The highest BCUT2D eigenvalue weighted by Gasteiger charge is 2.03. The maximum atomic E-state index is 13.1. The summed E-state index contributed by atoms with van der Waals surface area (Å²) in [6.45, 7) is 2.79. The number of benzene rings is 2. The average molecular weight is 255 g/mol. The molecule has 1 atom stereocenters. The van der Waals surface area contributed by atoms with E-state index in [0.717, 1.165) is 12.1 Å². The summed E-state index contributed by atoms with van der Waals surface area (Å²) in [6, 6.07) is 17.0. The van der Waals surface area contributed by atoms with Gasteiger partial charge in [-0.05, 0) is 30.2 Å². The number of halogens is 1. The van der Waals surface area contributed by atoms with E-state index in [1.807, 2.05) is 31.2 Å². The molecule has 0 amide bonds. The Hall–Kier alpha value is -1.93. The van der Waals surface area contributed by atoms with Crippen LogP contribution in [0.2, 0.25) is 0 Å². The lowest BCUT2D eigenvalue weighted by atomic mass is 10.1. The molecule has 2 rings (SSSR count). The van der Waals surface area contributed by atoms with Crippen LogP contribution in [0.25, 0.3) is 6.08 Å². The lowest BCUT2D eigenvalue weighted by Crippen LogP contribution is -2.18. The van der Waals surface area contributed by atoms with Crippen molar-refractivity contribution in [3.63, 3.8) is 0 Å². The van der Waals surface area contributed by atoms with Crippen molar-refractivity contribution >= 4 is 6.08 Å². The first-order valence-electron chi connectivity index (χ1n) is 6.46. The number of hydrogen-bond acceptors (Lipinski definition) is 1. The number of hydrogen-bond donors (Lipinski definition) is 1. The first-order valence-corrected chi connectivity index (χ1v) is 6.46. The summed E-state index contributed by atoms with van der Waals surface area (Å²) in [5.41, 5.74) is 2.15. The van der Waals surface area contributed by atoms with Crippen molar-refractivity contribution in [1.82, 2.24) is 5.32 Å². The van der Waals surface area contributed by atoms with Crippen molar-refractivity contribution in [2.75, 3.05) is 6.54 Å². The Balaban J connectivity index is 1.84. The van der Waals surface area contributed by atoms with Gasteiger partial charge < -0.3 is 5.32 Å². The van der Waals surface area contributed by atoms with Gasteiger partial charge in [-0.25, -0.2) is 4.39 Å². The third-order valence-electron chi connectivity index (χ3n) is 3.00. The van der Waals surface area contributed by atoms with E-state index < -0.39 is 0 Å². The Bertz CT molecular complexity index is 534. The van der Waals surface area contributed by atoms with Gasteiger partial charge in [0.2, 0.25) is 0 Å². The standard InChI is InChI=1S/C17H18FN/c1-14(16-10-5-11-17(18)13-16)19-12-6-9-15-7-3-2-4-8-15/h2-11,13-14,19H,12H2,1H3/b9-6+/t14-/m0/s1. The van der Waals surface area contributed by atoms with Crippen molar-refractivity contribution in [3.05, 3.63) is 77.6 Å². The van der Waals surface area contributed by atoms with Gasteiger partial charge in [0.15, 0.2) is 0 Å². The van der Waals surface area contributed by atoms with Crippen LogP contribution in [-0.2, 0) is 0 Å². The van der Waals surface area contributed by atoms with E-state index >= 15 is 0 Å². The van der Waals surface area contributed by atoms with Gasteiger partial charge in [-0.15, -0.1) is 0 Å². The molecule has 0 saturated carbocycles. The van der Waals surface area contributed by atoms with Crippen LogP contribution in [0.3, 0.4) is 0 Å². The summed E-state index contributed by atoms with van der Waals surface area (Å²) < 4.78 is 13.1. The predicted molar refractivity (Wildman–Crippen MR) is 78.3 cm³/mol. The van der Waals surface area contributed by atoms with E-state index in [-0.39, 0.29) is 11.9 Å². The molecule has 1 nitrogen and oxygen atoms in total. The molecular formula is C17H18FN. The fourth-order valence-corrected chi connectivity index (χ4v) is 1.90. The molecule has 0 aromatic heterocycles. The van der Waals surface area contributed by atoms with Crippen LogP contribution < -0.4 is 5.32 Å². The van der Waals surface area contributed by atoms with E-state index in [9.17, 15) is 4.39 Å². The van der Waals surface area contributed by atoms with E-state index in [0.29, 0.717) is 0 Å². The van der Waals surface area contributed by atoms with Crippen LogP contribution in [0.1, 0.15) is 24.1 Å². The maximum Gasteiger partial charge on any atom is 0.123 e. The molecule has 1 N–H and O–H groups in total. The fourth-order valence-electron chi connectivity index (χ4n) is 1.90. The highest BCUT2D eigenvalue weighted by molar-refractivity contribution is 5.48. The zero-order valence-electron chi connectivity index (χ0n) is 11.0. The smallest absolute Gasteiger partial charge is 0.123 e. The molecule has 0 saturated heterocycles. The first-order chi connectivity index (χ1) is 9.25. The van der Waals surface area contributed by atoms with Crippen LogP contribution in [-0.4, -0.2) is 6.54 Å². The van der Waals surface area contributed by atoms with Crippen molar-refractivity contribution in [2.24, 2.45) is 0 Å². The Labute approximate surface area is 113 Å². The lowest BCUT2D eigenvalue weighted by molar-refractivity contribution is 0.595. The molecule has 0 heterocycles. The van der Waals surface area contributed by atoms with Crippen LogP contribution >= 0.6 is 0 Å². The molecule has 2 aromatic carbocycles. The van der Waals surface area contributed by atoms with Gasteiger partial charge in [0.05, 0.1) is 0 Å². The lowest BCUT2D eigenvalue weighted by Gasteiger charge is -2.12. The van der Waals surface area contributed by atoms with Crippen LogP contribution in [0.5, 0.6) is 0 Å². The normalized spacial score (nSPS) is 12.7. The van der Waals surface area contributed by atoms with E-state index in [2.05, 4.69) is 29.6 Å². The van der Waals surface area contributed by atoms with Gasteiger partial charge in [0.25, 0.3) is 0 Å². The van der Waals surface area contributed by atoms with Gasteiger partial charge in [-0.1, -0.05) is 54.6 Å². The highest BCUT2D eigenvalue weighted by atomic mass is 19.1. The molecule has 2 aromatic rings. The van der Waals surface area contributed by atoms with Gasteiger partial charge in [0, 0.05) is 12.6 Å². The van der Waals surface area contributed by atoms with E-state index in [4.69, 9.17) is 0 Å². The molecule has 0 bridgehead atoms. The van der Waals surface area contributed by atoms with E-state index in [1.165, 1.54) is 11.6 Å². The minimum atomic E-state index is -0.189. The molecule has 2 heteroatoms. The van der Waals surface area contributed by atoms with E-state index in [1.54, 1.807) is 12.1 Å². The van der Waals surface area contributed by atoms with Gasteiger partial charge in [-0.3, -0.25) is 0 Å². The van der Waals surface area contributed by atoms with Gasteiger partial charge >= 0.3 is 0 Å². The van der Waals surface area contributed by atoms with Crippen LogP contribution in [0, 0.1) is 5.82 Å². The topological polar surface area (TPSA) is 12.0 Å².